The van der Waals surface area contributed by atoms with Crippen molar-refractivity contribution in [3.8, 4) is 0 Å². The summed E-state index contributed by atoms with van der Waals surface area (Å²) in [6, 6.07) is 4.29. The fraction of sp³-hybridized carbons (Fsp3) is 0.545. The topological polar surface area (TPSA) is 36.4 Å². The van der Waals surface area contributed by atoms with Crippen molar-refractivity contribution in [3.05, 3.63) is 22.3 Å². The molecule has 0 aliphatic carbocycles. The Morgan fingerprint density at radius 2 is 2.13 bits per heavy atom. The van der Waals surface area contributed by atoms with Crippen molar-refractivity contribution >= 4 is 21.7 Å². The van der Waals surface area contributed by atoms with Crippen LogP contribution in [0.25, 0.3) is 0 Å². The monoisotopic (exact) mass is 272 g/mol. The molecule has 0 saturated carbocycles. The first-order valence-electron chi connectivity index (χ1n) is 5.07. The van der Waals surface area contributed by atoms with Crippen molar-refractivity contribution in [3.63, 3.8) is 0 Å². The van der Waals surface area contributed by atoms with E-state index in [1.54, 1.807) is 0 Å². The molecule has 0 bridgehead atoms. The second kappa shape index (κ2) is 5.47. The average Bonchev–Trinajstić information content (AvgIpc) is 2.18. The molecule has 15 heavy (non-hydrogen) atoms. The van der Waals surface area contributed by atoms with Crippen LogP contribution < -0.4 is 4.90 Å². The van der Waals surface area contributed by atoms with Gasteiger partial charge in [0.25, 0.3) is 0 Å². The van der Waals surface area contributed by atoms with Crippen LogP contribution >= 0.6 is 15.9 Å². The minimum Gasteiger partial charge on any atom is -0.395 e. The summed E-state index contributed by atoms with van der Waals surface area (Å²) in [5, 5.41) is 8.99. The number of aliphatic hydroxyl groups excluding tert-OH is 1. The molecule has 3 nitrogen and oxygen atoms in total. The van der Waals surface area contributed by atoms with Gasteiger partial charge in [0.15, 0.2) is 0 Å². The summed E-state index contributed by atoms with van der Waals surface area (Å²) in [6.45, 7) is 6.91. The Bertz CT molecular complexity index is 328. The largest absolute Gasteiger partial charge is 0.395 e. The quantitative estimate of drug-likeness (QED) is 0.914. The van der Waals surface area contributed by atoms with E-state index >= 15 is 0 Å². The van der Waals surface area contributed by atoms with Crippen LogP contribution in [0.4, 0.5) is 5.82 Å². The lowest BCUT2D eigenvalue weighted by Crippen LogP contribution is -2.34. The minimum absolute atomic E-state index is 0.148. The van der Waals surface area contributed by atoms with E-state index in [9.17, 15) is 0 Å². The average molecular weight is 273 g/mol. The molecule has 1 N–H and O–H groups in total. The predicted octanol–water partition coefficient (Wildman–Crippen LogP) is 2.36. The van der Waals surface area contributed by atoms with Gasteiger partial charge in [-0.1, -0.05) is 0 Å². The highest BCUT2D eigenvalue weighted by molar-refractivity contribution is 9.10. The van der Waals surface area contributed by atoms with Gasteiger partial charge in [0.2, 0.25) is 0 Å². The van der Waals surface area contributed by atoms with E-state index in [1.807, 2.05) is 19.1 Å². The van der Waals surface area contributed by atoms with Crippen molar-refractivity contribution in [2.45, 2.75) is 26.8 Å². The highest BCUT2D eigenvalue weighted by atomic mass is 79.9. The number of hydrogen-bond donors (Lipinski definition) is 1. The molecule has 0 aliphatic heterocycles. The number of pyridine rings is 1. The van der Waals surface area contributed by atoms with Crippen molar-refractivity contribution < 1.29 is 5.11 Å². The Morgan fingerprint density at radius 1 is 1.47 bits per heavy atom. The molecule has 1 rings (SSSR count). The molecule has 0 atom stereocenters. The van der Waals surface area contributed by atoms with Gasteiger partial charge in [0.05, 0.1) is 12.3 Å². The molecule has 1 heterocycles. The van der Waals surface area contributed by atoms with Gasteiger partial charge in [0, 0.05) is 17.1 Å². The summed E-state index contributed by atoms with van der Waals surface area (Å²) in [6.07, 6.45) is 0. The van der Waals surface area contributed by atoms with Crippen molar-refractivity contribution in [2.24, 2.45) is 0 Å². The van der Waals surface area contributed by atoms with Crippen molar-refractivity contribution in [1.82, 2.24) is 4.98 Å². The van der Waals surface area contributed by atoms with E-state index < -0.39 is 0 Å². The summed E-state index contributed by atoms with van der Waals surface area (Å²) in [5.41, 5.74) is 0.969. The molecule has 1 aromatic heterocycles. The third-order valence-corrected chi connectivity index (χ3v) is 3.10. The first-order valence-corrected chi connectivity index (χ1v) is 5.86. The van der Waals surface area contributed by atoms with Gasteiger partial charge in [-0.05, 0) is 48.8 Å². The smallest absolute Gasteiger partial charge is 0.129 e. The molecule has 4 heteroatoms. The Morgan fingerprint density at radius 3 is 2.60 bits per heavy atom. The predicted molar refractivity (Wildman–Crippen MR) is 66.2 cm³/mol. The maximum atomic E-state index is 8.99. The number of aryl methyl sites for hydroxylation is 1. The first-order chi connectivity index (χ1) is 7.06. The zero-order chi connectivity index (χ0) is 11.4. The number of hydrogen-bond acceptors (Lipinski definition) is 3. The minimum atomic E-state index is 0.148. The molecule has 1 aromatic rings. The van der Waals surface area contributed by atoms with Gasteiger partial charge in [-0.2, -0.15) is 0 Å². The standard InChI is InChI=1S/C11H17BrN2O/c1-8(2)14(6-7-15)11-5-4-10(12)9(3)13-11/h4-5,8,15H,6-7H2,1-3H3. The Balaban J connectivity index is 2.95. The van der Waals surface area contributed by atoms with E-state index in [2.05, 4.69) is 39.7 Å². The summed E-state index contributed by atoms with van der Waals surface area (Å²) >= 11 is 3.42. The van der Waals surface area contributed by atoms with Gasteiger partial charge < -0.3 is 10.0 Å². The fourth-order valence-corrected chi connectivity index (χ4v) is 1.66. The summed E-state index contributed by atoms with van der Waals surface area (Å²) in [5.74, 6) is 0.916. The van der Waals surface area contributed by atoms with Gasteiger partial charge in [0.1, 0.15) is 5.82 Å². The van der Waals surface area contributed by atoms with E-state index in [0.717, 1.165) is 16.0 Å². The normalized spacial score (nSPS) is 10.8. The van der Waals surface area contributed by atoms with E-state index in [4.69, 9.17) is 5.11 Å². The van der Waals surface area contributed by atoms with Crippen molar-refractivity contribution in [1.29, 1.82) is 0 Å². The number of nitrogens with zero attached hydrogens (tertiary/aromatic N) is 2. The Labute approximate surface area is 99.3 Å². The molecule has 0 radical (unpaired) electrons. The zero-order valence-electron chi connectivity index (χ0n) is 9.37. The van der Waals surface area contributed by atoms with Gasteiger partial charge >= 0.3 is 0 Å². The van der Waals surface area contributed by atoms with Crippen LogP contribution in [-0.2, 0) is 0 Å². The van der Waals surface area contributed by atoms with E-state index in [0.29, 0.717) is 12.6 Å². The third-order valence-electron chi connectivity index (χ3n) is 2.27. The number of halogens is 1. The van der Waals surface area contributed by atoms with Crippen LogP contribution in [0.5, 0.6) is 0 Å². The van der Waals surface area contributed by atoms with E-state index in [1.165, 1.54) is 0 Å². The Kier molecular flexibility index (Phi) is 4.54. The van der Waals surface area contributed by atoms with Crippen molar-refractivity contribution in [2.75, 3.05) is 18.1 Å². The molecule has 0 spiro atoms. The van der Waals surface area contributed by atoms with Gasteiger partial charge in [-0.15, -0.1) is 0 Å². The molecule has 0 aliphatic rings. The summed E-state index contributed by atoms with van der Waals surface area (Å²) in [4.78, 5) is 6.56. The highest BCUT2D eigenvalue weighted by Gasteiger charge is 2.11. The number of rotatable bonds is 4. The molecule has 0 aromatic carbocycles. The number of anilines is 1. The lowest BCUT2D eigenvalue weighted by Gasteiger charge is -2.27. The molecule has 0 amide bonds. The molecule has 84 valence electrons. The lowest BCUT2D eigenvalue weighted by molar-refractivity contribution is 0.298. The van der Waals surface area contributed by atoms with Gasteiger partial charge in [-0.25, -0.2) is 4.98 Å². The maximum absolute atomic E-state index is 8.99. The molecule has 0 fully saturated rings. The first kappa shape index (κ1) is 12.5. The zero-order valence-corrected chi connectivity index (χ0v) is 11.0. The van der Waals surface area contributed by atoms with Crippen LogP contribution in [-0.4, -0.2) is 29.3 Å². The molecule has 0 unspecified atom stereocenters. The molecular formula is C11H17BrN2O. The molecular weight excluding hydrogens is 256 g/mol. The Hall–Kier alpha value is -0.610. The summed E-state index contributed by atoms with van der Waals surface area (Å²) in [7, 11) is 0. The van der Waals surface area contributed by atoms with Crippen LogP contribution in [0, 0.1) is 6.92 Å². The van der Waals surface area contributed by atoms with Crippen LogP contribution in [0.2, 0.25) is 0 Å². The van der Waals surface area contributed by atoms with Gasteiger partial charge in [-0.3, -0.25) is 0 Å². The maximum Gasteiger partial charge on any atom is 0.129 e. The fourth-order valence-electron chi connectivity index (χ4n) is 1.44. The summed E-state index contributed by atoms with van der Waals surface area (Å²) < 4.78 is 1.01. The van der Waals surface area contributed by atoms with Crippen LogP contribution in [0.15, 0.2) is 16.6 Å². The second-order valence-corrected chi connectivity index (χ2v) is 4.60. The SMILES string of the molecule is Cc1nc(N(CCO)C(C)C)ccc1Br. The number of aromatic nitrogens is 1. The number of aliphatic hydroxyl groups is 1. The lowest BCUT2D eigenvalue weighted by atomic mass is 10.3. The third kappa shape index (κ3) is 3.18. The van der Waals surface area contributed by atoms with Crippen LogP contribution in [0.3, 0.4) is 0 Å². The second-order valence-electron chi connectivity index (χ2n) is 3.75. The van der Waals surface area contributed by atoms with E-state index in [-0.39, 0.29) is 6.61 Å². The molecule has 0 saturated heterocycles. The van der Waals surface area contributed by atoms with Crippen LogP contribution in [0.1, 0.15) is 19.5 Å². The highest BCUT2D eigenvalue weighted by Crippen LogP contribution is 2.20.